The second-order valence-electron chi connectivity index (χ2n) is 5.32. The van der Waals surface area contributed by atoms with Crippen LogP contribution in [0.4, 0.5) is 0 Å². The van der Waals surface area contributed by atoms with Gasteiger partial charge in [-0.1, -0.05) is 59.3 Å². The van der Waals surface area contributed by atoms with Gasteiger partial charge >= 0.3 is 0 Å². The van der Waals surface area contributed by atoms with Gasteiger partial charge in [0, 0.05) is 0 Å². The van der Waals surface area contributed by atoms with Crippen molar-refractivity contribution in [1.29, 1.82) is 0 Å². The van der Waals surface area contributed by atoms with Gasteiger partial charge in [-0.3, -0.25) is 0 Å². The standard InChI is InChI=1S/C15H33ClP/c1-4-7-10-13-17(16,14-11-8-5-2)15-12-9-6-3/h4-15H2,1-3H3/q+1. The molecule has 0 saturated carbocycles. The summed E-state index contributed by atoms with van der Waals surface area (Å²) in [6.07, 6.45) is 16.2. The zero-order valence-electron chi connectivity index (χ0n) is 12.3. The molecule has 0 aliphatic heterocycles. The lowest BCUT2D eigenvalue weighted by Crippen LogP contribution is -2.03. The highest BCUT2D eigenvalue weighted by molar-refractivity contribution is 7.99. The minimum atomic E-state index is -1.09. The Hall–Kier alpha value is 0.720. The topological polar surface area (TPSA) is 0 Å². The van der Waals surface area contributed by atoms with Crippen LogP contribution < -0.4 is 0 Å². The van der Waals surface area contributed by atoms with Crippen LogP contribution in [0.25, 0.3) is 0 Å². The fourth-order valence-corrected chi connectivity index (χ4v) is 6.39. The first-order valence-corrected chi connectivity index (χ1v) is 11.0. The SMILES string of the molecule is CCCCC[P+](Cl)(CCCCC)CCCCC. The molecule has 0 aliphatic carbocycles. The van der Waals surface area contributed by atoms with Crippen molar-refractivity contribution in [3.05, 3.63) is 0 Å². The van der Waals surface area contributed by atoms with Gasteiger partial charge in [-0.2, -0.15) is 0 Å². The highest BCUT2D eigenvalue weighted by atomic mass is 35.7. The maximum Gasteiger partial charge on any atom is 0.113 e. The second kappa shape index (κ2) is 11.8. The van der Waals surface area contributed by atoms with Crippen molar-refractivity contribution in [2.75, 3.05) is 18.5 Å². The summed E-state index contributed by atoms with van der Waals surface area (Å²) in [4.78, 5) is 0. The summed E-state index contributed by atoms with van der Waals surface area (Å²) in [7, 11) is 0. The summed E-state index contributed by atoms with van der Waals surface area (Å²) in [5.74, 6) is 0. The number of halogens is 1. The third-order valence-corrected chi connectivity index (χ3v) is 8.36. The molecule has 0 heterocycles. The first-order valence-electron chi connectivity index (χ1n) is 7.74. The molecule has 0 N–H and O–H groups in total. The van der Waals surface area contributed by atoms with Gasteiger partial charge < -0.3 is 0 Å². The molecule has 0 spiro atoms. The van der Waals surface area contributed by atoms with Crippen LogP contribution in [0.2, 0.25) is 0 Å². The number of hydrogen-bond donors (Lipinski definition) is 0. The van der Waals surface area contributed by atoms with E-state index in [2.05, 4.69) is 20.8 Å². The Morgan fingerprint density at radius 2 is 0.882 bits per heavy atom. The fraction of sp³-hybridized carbons (Fsp3) is 1.00. The summed E-state index contributed by atoms with van der Waals surface area (Å²) < 4.78 is 0. The Labute approximate surface area is 115 Å². The quantitative estimate of drug-likeness (QED) is 0.274. The van der Waals surface area contributed by atoms with Gasteiger partial charge in [0.25, 0.3) is 0 Å². The van der Waals surface area contributed by atoms with Gasteiger partial charge in [-0.05, 0) is 19.3 Å². The molecule has 17 heavy (non-hydrogen) atoms. The molecule has 2 heteroatoms. The smallest absolute Gasteiger partial charge is 0.0654 e. The normalized spacial score (nSPS) is 12.0. The van der Waals surface area contributed by atoms with Gasteiger partial charge in [-0.25, -0.2) is 0 Å². The predicted molar refractivity (Wildman–Crippen MR) is 85.9 cm³/mol. The van der Waals surface area contributed by atoms with E-state index in [9.17, 15) is 0 Å². The lowest BCUT2D eigenvalue weighted by molar-refractivity contribution is 0.747. The Kier molecular flexibility index (Phi) is 12.3. The monoisotopic (exact) mass is 279 g/mol. The zero-order valence-corrected chi connectivity index (χ0v) is 14.0. The summed E-state index contributed by atoms with van der Waals surface area (Å²) in [6.45, 7) is 5.75. The van der Waals surface area contributed by atoms with Gasteiger partial charge in [0.1, 0.15) is 6.62 Å². The van der Waals surface area contributed by atoms with Crippen molar-refractivity contribution >= 4 is 17.9 Å². The van der Waals surface area contributed by atoms with E-state index in [1.807, 2.05) is 0 Å². The molecule has 0 nitrogen and oxygen atoms in total. The third-order valence-electron chi connectivity index (χ3n) is 3.49. The van der Waals surface area contributed by atoms with Crippen molar-refractivity contribution in [1.82, 2.24) is 0 Å². The van der Waals surface area contributed by atoms with E-state index in [0.29, 0.717) is 0 Å². The van der Waals surface area contributed by atoms with Crippen LogP contribution >= 0.6 is 17.9 Å². The molecular weight excluding hydrogens is 247 g/mol. The molecule has 0 atom stereocenters. The van der Waals surface area contributed by atoms with Crippen LogP contribution in [0, 0.1) is 0 Å². The first kappa shape index (κ1) is 17.7. The lowest BCUT2D eigenvalue weighted by atomic mass is 10.3. The summed E-state index contributed by atoms with van der Waals surface area (Å²) in [5, 5.41) is 0. The minimum absolute atomic E-state index is 1.09. The van der Waals surface area contributed by atoms with E-state index in [0.717, 1.165) is 0 Å². The maximum absolute atomic E-state index is 6.96. The van der Waals surface area contributed by atoms with Crippen molar-refractivity contribution in [3.8, 4) is 0 Å². The molecule has 0 amide bonds. The molecule has 0 radical (unpaired) electrons. The molecule has 0 fully saturated rings. The maximum atomic E-state index is 6.96. The van der Waals surface area contributed by atoms with Crippen molar-refractivity contribution in [2.24, 2.45) is 0 Å². The molecular formula is C15H33ClP+. The molecule has 104 valence electrons. The van der Waals surface area contributed by atoms with Crippen molar-refractivity contribution in [3.63, 3.8) is 0 Å². The number of unbranched alkanes of at least 4 members (excludes halogenated alkanes) is 6. The van der Waals surface area contributed by atoms with E-state index < -0.39 is 6.62 Å². The van der Waals surface area contributed by atoms with E-state index in [-0.39, 0.29) is 0 Å². The van der Waals surface area contributed by atoms with Gasteiger partial charge in [-0.15, -0.1) is 0 Å². The van der Waals surface area contributed by atoms with Crippen LogP contribution in [0.5, 0.6) is 0 Å². The highest BCUT2D eigenvalue weighted by Crippen LogP contribution is 2.65. The van der Waals surface area contributed by atoms with Crippen LogP contribution in [0.1, 0.15) is 78.6 Å². The summed E-state index contributed by atoms with van der Waals surface area (Å²) >= 11 is 6.96. The van der Waals surface area contributed by atoms with Gasteiger partial charge in [0.15, 0.2) is 0 Å². The average Bonchev–Trinajstić information content (AvgIpc) is 2.30. The molecule has 0 aromatic rings. The molecule has 0 bridgehead atoms. The average molecular weight is 280 g/mol. The summed E-state index contributed by atoms with van der Waals surface area (Å²) in [6, 6.07) is 0. The third kappa shape index (κ3) is 10.3. The van der Waals surface area contributed by atoms with Gasteiger partial charge in [0.05, 0.1) is 29.7 Å². The molecule has 0 rings (SSSR count). The zero-order chi connectivity index (χ0) is 13.0. The number of hydrogen-bond acceptors (Lipinski definition) is 0. The Bertz CT molecular complexity index is 132. The summed E-state index contributed by atoms with van der Waals surface area (Å²) in [5.41, 5.74) is 0. The molecule has 0 aromatic carbocycles. The number of rotatable bonds is 12. The molecule has 0 aromatic heterocycles. The van der Waals surface area contributed by atoms with Crippen LogP contribution in [0.3, 0.4) is 0 Å². The second-order valence-corrected chi connectivity index (χ2v) is 10.9. The van der Waals surface area contributed by atoms with Crippen molar-refractivity contribution < 1.29 is 0 Å². The van der Waals surface area contributed by atoms with Crippen LogP contribution in [-0.2, 0) is 0 Å². The molecule has 0 aliphatic rings. The Morgan fingerprint density at radius 1 is 0.588 bits per heavy atom. The van der Waals surface area contributed by atoms with Crippen LogP contribution in [-0.4, -0.2) is 18.5 Å². The van der Waals surface area contributed by atoms with E-state index >= 15 is 0 Å². The Balaban J connectivity index is 3.95. The van der Waals surface area contributed by atoms with E-state index in [1.165, 1.54) is 76.3 Å². The van der Waals surface area contributed by atoms with Gasteiger partial charge in [0.2, 0.25) is 0 Å². The Morgan fingerprint density at radius 3 is 1.12 bits per heavy atom. The van der Waals surface area contributed by atoms with E-state index in [4.69, 9.17) is 11.2 Å². The minimum Gasteiger partial charge on any atom is -0.0654 e. The van der Waals surface area contributed by atoms with Crippen molar-refractivity contribution in [2.45, 2.75) is 78.6 Å². The fourth-order valence-electron chi connectivity index (χ4n) is 2.27. The highest BCUT2D eigenvalue weighted by Gasteiger charge is 2.33. The largest absolute Gasteiger partial charge is 0.113 e. The lowest BCUT2D eigenvalue weighted by Gasteiger charge is -2.19. The van der Waals surface area contributed by atoms with Crippen LogP contribution in [0.15, 0.2) is 0 Å². The van der Waals surface area contributed by atoms with E-state index in [1.54, 1.807) is 0 Å². The molecule has 0 unspecified atom stereocenters. The first-order chi connectivity index (χ1) is 8.18. The molecule has 0 saturated heterocycles. The predicted octanol–water partition coefficient (Wildman–Crippen LogP) is 6.73.